The maximum Gasteiger partial charge on any atom is 0.411 e. The molecule has 10 heteroatoms. The number of alkyl halides is 2. The van der Waals surface area contributed by atoms with Crippen molar-refractivity contribution in [2.75, 3.05) is 12.4 Å². The van der Waals surface area contributed by atoms with Gasteiger partial charge in [0.1, 0.15) is 5.01 Å². The largest absolute Gasteiger partial charge is 0.453 e. The van der Waals surface area contributed by atoms with Crippen molar-refractivity contribution in [1.82, 2.24) is 15.0 Å². The summed E-state index contributed by atoms with van der Waals surface area (Å²) in [5, 5.41) is 3.32. The fourth-order valence-electron chi connectivity index (χ4n) is 2.88. The molecule has 1 N–H and O–H groups in total. The third kappa shape index (κ3) is 3.79. The number of benzene rings is 2. The van der Waals surface area contributed by atoms with Crippen molar-refractivity contribution in [1.29, 1.82) is 0 Å². The molecule has 2 aromatic carbocycles. The third-order valence-corrected chi connectivity index (χ3v) is 5.18. The van der Waals surface area contributed by atoms with Gasteiger partial charge < -0.3 is 9.47 Å². The van der Waals surface area contributed by atoms with Crippen molar-refractivity contribution < 1.29 is 23.0 Å². The lowest BCUT2D eigenvalue weighted by Gasteiger charge is -2.07. The van der Waals surface area contributed by atoms with E-state index in [-0.39, 0.29) is 5.88 Å². The van der Waals surface area contributed by atoms with E-state index in [0.29, 0.717) is 32.8 Å². The molecule has 0 fully saturated rings. The Balaban J connectivity index is 1.84. The number of carbonyl (C=O) groups excluding carboxylic acids is 1. The van der Waals surface area contributed by atoms with E-state index >= 15 is 0 Å². The summed E-state index contributed by atoms with van der Waals surface area (Å²) >= 11 is 1.37. The summed E-state index contributed by atoms with van der Waals surface area (Å²) in [7, 11) is 1.29. The highest BCUT2D eigenvalue weighted by Crippen LogP contribution is 2.37. The number of hydrogen-bond donors (Lipinski definition) is 1. The lowest BCUT2D eigenvalue weighted by atomic mass is 10.1. The maximum absolute atomic E-state index is 12.5. The molecule has 0 atom stereocenters. The van der Waals surface area contributed by atoms with Crippen LogP contribution in [-0.4, -0.2) is 34.8 Å². The Bertz CT molecular complexity index is 1230. The first-order valence-electron chi connectivity index (χ1n) is 8.41. The van der Waals surface area contributed by atoms with Gasteiger partial charge in [-0.3, -0.25) is 5.32 Å². The summed E-state index contributed by atoms with van der Waals surface area (Å²) in [5.74, 6) is -0.252. The Kier molecular flexibility index (Phi) is 4.93. The molecule has 29 heavy (non-hydrogen) atoms. The van der Waals surface area contributed by atoms with Gasteiger partial charge in [-0.15, -0.1) is 11.3 Å². The van der Waals surface area contributed by atoms with Crippen LogP contribution in [0.5, 0.6) is 5.88 Å². The van der Waals surface area contributed by atoms with Crippen LogP contribution in [0.15, 0.2) is 36.5 Å². The summed E-state index contributed by atoms with van der Waals surface area (Å²) in [5.41, 5.74) is 3.78. The number of aromatic nitrogens is 3. The number of ether oxygens (including phenoxy) is 2. The van der Waals surface area contributed by atoms with E-state index in [9.17, 15) is 13.6 Å². The van der Waals surface area contributed by atoms with Gasteiger partial charge in [-0.1, -0.05) is 6.07 Å². The Hall–Kier alpha value is -3.40. The van der Waals surface area contributed by atoms with Crippen LogP contribution in [0.25, 0.3) is 31.8 Å². The van der Waals surface area contributed by atoms with Crippen molar-refractivity contribution in [3.8, 4) is 16.5 Å². The van der Waals surface area contributed by atoms with Crippen molar-refractivity contribution in [2.24, 2.45) is 0 Å². The number of thiazole rings is 1. The monoisotopic (exact) mass is 416 g/mol. The van der Waals surface area contributed by atoms with Crippen LogP contribution in [0.3, 0.4) is 0 Å². The van der Waals surface area contributed by atoms with Crippen LogP contribution >= 0.6 is 11.3 Å². The van der Waals surface area contributed by atoms with E-state index in [1.54, 1.807) is 18.2 Å². The van der Waals surface area contributed by atoms with Crippen molar-refractivity contribution in [2.45, 2.75) is 13.5 Å². The van der Waals surface area contributed by atoms with E-state index < -0.39 is 12.7 Å². The predicted molar refractivity (Wildman–Crippen MR) is 106 cm³/mol. The van der Waals surface area contributed by atoms with Gasteiger partial charge >= 0.3 is 12.7 Å². The molecule has 2 aromatic heterocycles. The van der Waals surface area contributed by atoms with Crippen molar-refractivity contribution in [3.05, 3.63) is 42.1 Å². The van der Waals surface area contributed by atoms with Gasteiger partial charge in [-0.25, -0.2) is 19.7 Å². The number of nitrogens with zero attached hydrogens (tertiary/aromatic N) is 3. The zero-order valence-electron chi connectivity index (χ0n) is 15.3. The minimum atomic E-state index is -2.98. The smallest absolute Gasteiger partial charge is 0.411 e. The number of nitrogens with one attached hydrogen (secondary N) is 1. The van der Waals surface area contributed by atoms with Crippen LogP contribution < -0.4 is 10.1 Å². The maximum atomic E-state index is 12.5. The van der Waals surface area contributed by atoms with Crippen LogP contribution in [0, 0.1) is 6.92 Å². The fraction of sp³-hybridized carbons (Fsp3) is 0.158. The Labute approximate surface area is 167 Å². The Morgan fingerprint density at radius 1 is 1.21 bits per heavy atom. The molecule has 0 aliphatic heterocycles. The number of carbonyl (C=O) groups is 1. The number of methoxy groups -OCH3 is 1. The van der Waals surface area contributed by atoms with Gasteiger partial charge in [-0.2, -0.15) is 8.78 Å². The van der Waals surface area contributed by atoms with E-state index in [0.717, 1.165) is 16.5 Å². The molecule has 0 spiro atoms. The van der Waals surface area contributed by atoms with Crippen LogP contribution in [-0.2, 0) is 4.74 Å². The molecule has 0 aliphatic carbocycles. The number of fused-ring (bicyclic) bond motifs is 2. The molecule has 7 nitrogen and oxygen atoms in total. The van der Waals surface area contributed by atoms with Crippen molar-refractivity contribution >= 4 is 44.4 Å². The summed E-state index contributed by atoms with van der Waals surface area (Å²) in [6.07, 6.45) is 0.580. The highest BCUT2D eigenvalue weighted by atomic mass is 32.1. The first-order chi connectivity index (χ1) is 13.9. The first kappa shape index (κ1) is 18.9. The number of hydrogen-bond acceptors (Lipinski definition) is 7. The van der Waals surface area contributed by atoms with E-state index in [1.165, 1.54) is 18.4 Å². The van der Waals surface area contributed by atoms with E-state index in [4.69, 9.17) is 0 Å². The normalized spacial score (nSPS) is 11.2. The van der Waals surface area contributed by atoms with Crippen LogP contribution in [0.1, 0.15) is 5.56 Å². The molecule has 0 aliphatic rings. The number of anilines is 1. The average molecular weight is 416 g/mol. The van der Waals surface area contributed by atoms with Crippen molar-refractivity contribution in [3.63, 3.8) is 0 Å². The van der Waals surface area contributed by atoms with Gasteiger partial charge in [0.15, 0.2) is 0 Å². The summed E-state index contributed by atoms with van der Waals surface area (Å²) in [6.45, 7) is -1.11. The molecule has 4 rings (SSSR count). The van der Waals surface area contributed by atoms with Gasteiger partial charge in [0.2, 0.25) is 5.88 Å². The highest BCUT2D eigenvalue weighted by Gasteiger charge is 2.16. The van der Waals surface area contributed by atoms with Crippen LogP contribution in [0.4, 0.5) is 19.3 Å². The van der Waals surface area contributed by atoms with E-state index in [1.807, 2.05) is 19.1 Å². The van der Waals surface area contributed by atoms with Gasteiger partial charge in [-0.05, 0) is 36.8 Å². The quantitative estimate of drug-likeness (QED) is 0.504. The Morgan fingerprint density at radius 3 is 2.79 bits per heavy atom. The molecule has 0 radical (unpaired) electrons. The zero-order chi connectivity index (χ0) is 20.5. The van der Waals surface area contributed by atoms with Crippen LogP contribution in [0.2, 0.25) is 0 Å². The average Bonchev–Trinajstić information content (AvgIpc) is 3.11. The number of halogens is 2. The molecule has 0 bridgehead atoms. The minimum Gasteiger partial charge on any atom is -0.453 e. The molecule has 0 unspecified atom stereocenters. The third-order valence-electron chi connectivity index (χ3n) is 4.05. The summed E-state index contributed by atoms with van der Waals surface area (Å²) < 4.78 is 34.7. The number of aryl methyl sites for hydroxylation is 1. The molecule has 2 heterocycles. The molecule has 0 saturated heterocycles. The molecule has 0 saturated carbocycles. The van der Waals surface area contributed by atoms with Gasteiger partial charge in [0, 0.05) is 5.56 Å². The lowest BCUT2D eigenvalue weighted by Crippen LogP contribution is -2.10. The summed E-state index contributed by atoms with van der Waals surface area (Å²) in [6, 6.07) is 9.00. The molecule has 1 amide bonds. The van der Waals surface area contributed by atoms with Gasteiger partial charge in [0.05, 0.1) is 40.2 Å². The standard InChI is InChI=1S/C19H14F2N4O3S/c1-9-6-10(15-13(7-9)23-14(8-22-15)28-18(20)21)17-24-11-4-3-5-12(16(11)29-17)25-19(26)27-2/h3-8,18H,1-2H3,(H,25,26). The minimum absolute atomic E-state index is 0.252. The summed E-state index contributed by atoms with van der Waals surface area (Å²) in [4.78, 5) is 24.6. The highest BCUT2D eigenvalue weighted by molar-refractivity contribution is 7.22. The van der Waals surface area contributed by atoms with Gasteiger partial charge in [0.25, 0.3) is 0 Å². The molecular weight excluding hydrogens is 402 g/mol. The second-order valence-electron chi connectivity index (χ2n) is 6.06. The van der Waals surface area contributed by atoms with E-state index in [2.05, 4.69) is 29.7 Å². The number of amides is 1. The molecule has 4 aromatic rings. The first-order valence-corrected chi connectivity index (χ1v) is 9.23. The SMILES string of the molecule is COC(=O)Nc1cccc2nc(-c3cc(C)cc4nc(OC(F)F)cnc34)sc12. The second-order valence-corrected chi connectivity index (χ2v) is 7.06. The molecule has 148 valence electrons. The second kappa shape index (κ2) is 7.55. The topological polar surface area (TPSA) is 86.2 Å². The lowest BCUT2D eigenvalue weighted by molar-refractivity contribution is -0.0528. The molecular formula is C19H14F2N4O3S. The zero-order valence-corrected chi connectivity index (χ0v) is 16.1. The Morgan fingerprint density at radius 2 is 2.03 bits per heavy atom. The predicted octanol–water partition coefficient (Wildman–Crippen LogP) is 4.99. The number of rotatable bonds is 4. The fourth-order valence-corrected chi connectivity index (χ4v) is 3.93.